The van der Waals surface area contributed by atoms with E-state index in [1.807, 2.05) is 68.4 Å². The maximum atomic E-state index is 13.4. The maximum Gasteiger partial charge on any atom is 0.266 e. The number of hydrogen-bond donors (Lipinski definition) is 1. The first-order chi connectivity index (χ1) is 16.0. The molecule has 1 atom stereocenters. The molecule has 0 fully saturated rings. The summed E-state index contributed by atoms with van der Waals surface area (Å²) in [6, 6.07) is 22.2. The van der Waals surface area contributed by atoms with Crippen LogP contribution in [0.2, 0.25) is 0 Å². The number of carbonyl (C=O) groups is 1. The fourth-order valence-electron chi connectivity index (χ4n) is 3.44. The van der Waals surface area contributed by atoms with E-state index in [0.717, 1.165) is 17.0 Å². The molecule has 0 aliphatic heterocycles. The van der Waals surface area contributed by atoms with Gasteiger partial charge in [0.2, 0.25) is 5.91 Å². The van der Waals surface area contributed by atoms with E-state index in [0.29, 0.717) is 28.4 Å². The van der Waals surface area contributed by atoms with E-state index in [9.17, 15) is 9.59 Å². The second kappa shape index (κ2) is 9.92. The van der Waals surface area contributed by atoms with E-state index in [-0.39, 0.29) is 11.5 Å². The summed E-state index contributed by atoms with van der Waals surface area (Å²) in [6.07, 6.45) is 0. The number of nitrogens with zero attached hydrogens (tertiary/aromatic N) is 2. The van der Waals surface area contributed by atoms with Gasteiger partial charge in [-0.15, -0.1) is 0 Å². The zero-order valence-electron chi connectivity index (χ0n) is 18.7. The Bertz CT molecular complexity index is 1350. The van der Waals surface area contributed by atoms with Crippen molar-refractivity contribution in [2.75, 3.05) is 11.9 Å². The summed E-state index contributed by atoms with van der Waals surface area (Å²) >= 11 is 1.25. The smallest absolute Gasteiger partial charge is 0.266 e. The van der Waals surface area contributed by atoms with Crippen molar-refractivity contribution in [3.05, 3.63) is 88.7 Å². The summed E-state index contributed by atoms with van der Waals surface area (Å²) in [5.41, 5.74) is 2.88. The third-order valence-corrected chi connectivity index (χ3v) is 6.14. The second-order valence-corrected chi connectivity index (χ2v) is 8.91. The molecule has 0 saturated carbocycles. The highest BCUT2D eigenvalue weighted by Crippen LogP contribution is 2.26. The fraction of sp³-hybridized carbons (Fsp3) is 0.192. The number of rotatable bonds is 7. The molecule has 0 radical (unpaired) electrons. The molecule has 7 heteroatoms. The zero-order valence-corrected chi connectivity index (χ0v) is 19.6. The molecule has 0 bridgehead atoms. The van der Waals surface area contributed by atoms with Gasteiger partial charge in [0, 0.05) is 5.69 Å². The average Bonchev–Trinajstić information content (AvgIpc) is 2.80. The fourth-order valence-corrected chi connectivity index (χ4v) is 4.37. The molecule has 33 heavy (non-hydrogen) atoms. The van der Waals surface area contributed by atoms with Crippen LogP contribution in [0.25, 0.3) is 16.6 Å². The van der Waals surface area contributed by atoms with Gasteiger partial charge < -0.3 is 10.1 Å². The van der Waals surface area contributed by atoms with E-state index in [4.69, 9.17) is 9.72 Å². The van der Waals surface area contributed by atoms with E-state index in [1.165, 1.54) is 11.8 Å². The Hall–Kier alpha value is -3.58. The predicted molar refractivity (Wildman–Crippen MR) is 134 cm³/mol. The third-order valence-electron chi connectivity index (χ3n) is 5.09. The van der Waals surface area contributed by atoms with Gasteiger partial charge in [-0.25, -0.2) is 4.98 Å². The molecule has 0 aliphatic carbocycles. The van der Waals surface area contributed by atoms with E-state index in [1.54, 1.807) is 29.7 Å². The third kappa shape index (κ3) is 5.09. The van der Waals surface area contributed by atoms with E-state index in [2.05, 4.69) is 5.32 Å². The number of aryl methyl sites for hydroxylation is 1. The van der Waals surface area contributed by atoms with Crippen molar-refractivity contribution >= 4 is 34.3 Å². The molecule has 0 aliphatic rings. The lowest BCUT2D eigenvalue weighted by atomic mass is 10.2. The Morgan fingerprint density at radius 3 is 2.58 bits per heavy atom. The second-order valence-electron chi connectivity index (χ2n) is 7.60. The van der Waals surface area contributed by atoms with Crippen molar-refractivity contribution in [2.24, 2.45) is 0 Å². The molecule has 3 aromatic carbocycles. The highest BCUT2D eigenvalue weighted by molar-refractivity contribution is 8.00. The van der Waals surface area contributed by atoms with Crippen LogP contribution in [-0.4, -0.2) is 27.3 Å². The number of fused-ring (bicyclic) bond motifs is 1. The molecule has 1 amide bonds. The maximum absolute atomic E-state index is 13.4. The van der Waals surface area contributed by atoms with Gasteiger partial charge in [0.15, 0.2) is 5.16 Å². The number of nitrogens with one attached hydrogen (secondary N) is 1. The first-order valence-electron chi connectivity index (χ1n) is 10.8. The lowest BCUT2D eigenvalue weighted by molar-refractivity contribution is -0.115. The molecule has 168 valence electrons. The van der Waals surface area contributed by atoms with Crippen molar-refractivity contribution in [3.8, 4) is 11.4 Å². The monoisotopic (exact) mass is 459 g/mol. The minimum atomic E-state index is -0.485. The predicted octanol–water partition coefficient (Wildman–Crippen LogP) is 5.21. The number of carbonyl (C=O) groups excluding carboxylic acids is 1. The molecule has 1 N–H and O–H groups in total. The van der Waals surface area contributed by atoms with Gasteiger partial charge in [0.05, 0.1) is 28.4 Å². The summed E-state index contributed by atoms with van der Waals surface area (Å²) in [5, 5.41) is 3.44. The zero-order chi connectivity index (χ0) is 23.4. The van der Waals surface area contributed by atoms with Crippen LogP contribution >= 0.6 is 11.8 Å². The largest absolute Gasteiger partial charge is 0.494 e. The SMILES string of the molecule is CCOc1ccc(NC(=O)[C@@H](C)Sc2nc3ccccc3c(=O)n2-c2cccc(C)c2)cc1. The molecule has 1 heterocycles. The number of amides is 1. The number of anilines is 1. The molecule has 0 spiro atoms. The Morgan fingerprint density at radius 2 is 1.85 bits per heavy atom. The number of hydrogen-bond acceptors (Lipinski definition) is 5. The van der Waals surface area contributed by atoms with Crippen LogP contribution in [-0.2, 0) is 4.79 Å². The van der Waals surface area contributed by atoms with E-state index >= 15 is 0 Å². The number of benzene rings is 3. The van der Waals surface area contributed by atoms with Crippen LogP contribution < -0.4 is 15.6 Å². The number of aromatic nitrogens is 2. The van der Waals surface area contributed by atoms with Crippen LogP contribution in [0.4, 0.5) is 5.69 Å². The van der Waals surface area contributed by atoms with Crippen molar-refractivity contribution in [2.45, 2.75) is 31.2 Å². The van der Waals surface area contributed by atoms with Gasteiger partial charge in [-0.3, -0.25) is 14.2 Å². The molecule has 4 aromatic rings. The molecule has 1 aromatic heterocycles. The van der Waals surface area contributed by atoms with Gasteiger partial charge >= 0.3 is 0 Å². The number of thioether (sulfide) groups is 1. The topological polar surface area (TPSA) is 73.2 Å². The first kappa shape index (κ1) is 22.6. The summed E-state index contributed by atoms with van der Waals surface area (Å²) in [7, 11) is 0. The van der Waals surface area contributed by atoms with Gasteiger partial charge in [-0.2, -0.15) is 0 Å². The average molecular weight is 460 g/mol. The summed E-state index contributed by atoms with van der Waals surface area (Å²) in [6.45, 7) is 6.28. The minimum Gasteiger partial charge on any atom is -0.494 e. The molecule has 0 unspecified atom stereocenters. The Balaban J connectivity index is 1.65. The molecule has 6 nitrogen and oxygen atoms in total. The minimum absolute atomic E-state index is 0.159. The van der Waals surface area contributed by atoms with Crippen LogP contribution in [0.15, 0.2) is 82.7 Å². The molecular weight excluding hydrogens is 434 g/mol. The summed E-state index contributed by atoms with van der Waals surface area (Å²) in [5.74, 6) is 0.572. The van der Waals surface area contributed by atoms with Gasteiger partial charge in [-0.1, -0.05) is 36.0 Å². The highest BCUT2D eigenvalue weighted by Gasteiger charge is 2.20. The lowest BCUT2D eigenvalue weighted by Gasteiger charge is -2.17. The Labute approximate surface area is 196 Å². The van der Waals surface area contributed by atoms with Crippen molar-refractivity contribution in [1.29, 1.82) is 0 Å². The standard InChI is InChI=1S/C26H25N3O3S/c1-4-32-21-14-12-19(13-15-21)27-24(30)18(3)33-26-28-23-11-6-5-10-22(23)25(31)29(26)20-9-7-8-17(2)16-20/h5-16,18H,4H2,1-3H3,(H,27,30)/t18-/m1/s1. The van der Waals surface area contributed by atoms with Crippen molar-refractivity contribution in [1.82, 2.24) is 9.55 Å². The Morgan fingerprint density at radius 1 is 1.09 bits per heavy atom. The quantitative estimate of drug-likeness (QED) is 0.303. The lowest BCUT2D eigenvalue weighted by Crippen LogP contribution is -2.26. The summed E-state index contributed by atoms with van der Waals surface area (Å²) < 4.78 is 7.03. The van der Waals surface area contributed by atoms with Crippen LogP contribution in [0, 0.1) is 6.92 Å². The van der Waals surface area contributed by atoms with Gasteiger partial charge in [0.1, 0.15) is 5.75 Å². The van der Waals surface area contributed by atoms with Gasteiger partial charge in [0.25, 0.3) is 5.56 Å². The molecule has 0 saturated heterocycles. The van der Waals surface area contributed by atoms with Gasteiger partial charge in [-0.05, 0) is 74.9 Å². The van der Waals surface area contributed by atoms with E-state index < -0.39 is 5.25 Å². The molecular formula is C26H25N3O3S. The number of para-hydroxylation sites is 1. The summed E-state index contributed by atoms with van der Waals surface area (Å²) in [4.78, 5) is 31.0. The normalized spacial score (nSPS) is 11.8. The Kier molecular flexibility index (Phi) is 6.79. The van der Waals surface area contributed by atoms with Crippen molar-refractivity contribution in [3.63, 3.8) is 0 Å². The van der Waals surface area contributed by atoms with Crippen molar-refractivity contribution < 1.29 is 9.53 Å². The van der Waals surface area contributed by atoms with Crippen LogP contribution in [0.3, 0.4) is 0 Å². The van der Waals surface area contributed by atoms with Crippen LogP contribution in [0.5, 0.6) is 5.75 Å². The highest BCUT2D eigenvalue weighted by atomic mass is 32.2. The molecule has 4 rings (SSSR count). The first-order valence-corrected chi connectivity index (χ1v) is 11.6. The number of ether oxygens (including phenoxy) is 1. The van der Waals surface area contributed by atoms with Crippen LogP contribution in [0.1, 0.15) is 19.4 Å².